The van der Waals surface area contributed by atoms with Crippen LogP contribution in [-0.2, 0) is 21.2 Å². The molecule has 1 heterocycles. The lowest BCUT2D eigenvalue weighted by atomic mass is 9.85. The van der Waals surface area contributed by atoms with E-state index in [0.29, 0.717) is 0 Å². The molecule has 3 aromatic carbocycles. The van der Waals surface area contributed by atoms with Gasteiger partial charge in [-0.2, -0.15) is 13.2 Å². The van der Waals surface area contributed by atoms with Crippen molar-refractivity contribution in [1.82, 2.24) is 0 Å². The van der Waals surface area contributed by atoms with Crippen molar-refractivity contribution < 1.29 is 37.0 Å². The Bertz CT molecular complexity index is 1440. The Morgan fingerprint density at radius 3 is 2.16 bits per heavy atom. The molecule has 3 aromatic rings. The number of methoxy groups -OCH3 is 1. The number of aliphatic hydroxyl groups is 1. The van der Waals surface area contributed by atoms with E-state index in [2.05, 4.69) is 0 Å². The van der Waals surface area contributed by atoms with Gasteiger partial charge in [0.25, 0.3) is 11.7 Å². The summed E-state index contributed by atoms with van der Waals surface area (Å²) in [5.74, 6) is -3.17. The van der Waals surface area contributed by atoms with Gasteiger partial charge in [-0.25, -0.2) is 4.39 Å². The third-order valence-corrected chi connectivity index (χ3v) is 6.40. The first kappa shape index (κ1) is 26.9. The second-order valence-corrected chi connectivity index (χ2v) is 9.93. The van der Waals surface area contributed by atoms with Gasteiger partial charge in [-0.15, -0.1) is 0 Å². The zero-order valence-corrected chi connectivity index (χ0v) is 21.1. The van der Waals surface area contributed by atoms with E-state index >= 15 is 0 Å². The fourth-order valence-corrected chi connectivity index (χ4v) is 4.40. The Balaban J connectivity index is 2.00. The number of aliphatic hydroxyl groups excluding tert-OH is 1. The average molecular weight is 528 g/mol. The molecule has 4 rings (SSSR count). The molecule has 0 aliphatic carbocycles. The molecule has 0 bridgehead atoms. The van der Waals surface area contributed by atoms with E-state index in [9.17, 15) is 32.3 Å². The summed E-state index contributed by atoms with van der Waals surface area (Å²) < 4.78 is 59.5. The van der Waals surface area contributed by atoms with Crippen LogP contribution in [0.1, 0.15) is 49.1 Å². The zero-order chi connectivity index (χ0) is 28.0. The summed E-state index contributed by atoms with van der Waals surface area (Å²) in [6, 6.07) is 12.5. The Labute approximate surface area is 217 Å². The number of hydrogen-bond donors (Lipinski definition) is 1. The normalized spacial score (nSPS) is 17.7. The lowest BCUT2D eigenvalue weighted by Crippen LogP contribution is -2.29. The lowest BCUT2D eigenvalue weighted by molar-refractivity contribution is -0.137. The smallest absolute Gasteiger partial charge is 0.416 e. The number of nitrogens with zero attached hydrogens (tertiary/aromatic N) is 1. The summed E-state index contributed by atoms with van der Waals surface area (Å²) >= 11 is 0. The maximum absolute atomic E-state index is 13.8. The number of hydrogen-bond acceptors (Lipinski definition) is 4. The topological polar surface area (TPSA) is 66.8 Å². The van der Waals surface area contributed by atoms with Crippen molar-refractivity contribution in [2.75, 3.05) is 12.0 Å². The Kier molecular flexibility index (Phi) is 6.82. The van der Waals surface area contributed by atoms with Gasteiger partial charge in [0, 0.05) is 5.69 Å². The molecule has 1 unspecified atom stereocenters. The number of benzene rings is 3. The quantitative estimate of drug-likeness (QED) is 0.176. The molecule has 1 atom stereocenters. The van der Waals surface area contributed by atoms with Crippen molar-refractivity contribution in [2.45, 2.75) is 38.4 Å². The van der Waals surface area contributed by atoms with E-state index in [-0.39, 0.29) is 33.6 Å². The zero-order valence-electron chi connectivity index (χ0n) is 21.1. The predicted molar refractivity (Wildman–Crippen MR) is 134 cm³/mol. The number of halogens is 4. The third-order valence-electron chi connectivity index (χ3n) is 6.40. The summed E-state index contributed by atoms with van der Waals surface area (Å²) in [6.07, 6.45) is -4.70. The van der Waals surface area contributed by atoms with Crippen LogP contribution in [0.15, 0.2) is 72.3 Å². The molecule has 5 nitrogen and oxygen atoms in total. The predicted octanol–water partition coefficient (Wildman–Crippen LogP) is 6.78. The van der Waals surface area contributed by atoms with Crippen LogP contribution < -0.4 is 9.64 Å². The maximum Gasteiger partial charge on any atom is 0.416 e. The molecule has 0 aromatic heterocycles. The van der Waals surface area contributed by atoms with E-state index < -0.39 is 41.0 Å². The molecule has 0 spiro atoms. The number of carbonyl (C=O) groups excluding carboxylic acids is 2. The van der Waals surface area contributed by atoms with E-state index in [4.69, 9.17) is 4.74 Å². The third kappa shape index (κ3) is 4.88. The largest absolute Gasteiger partial charge is 0.507 e. The van der Waals surface area contributed by atoms with Gasteiger partial charge in [-0.3, -0.25) is 14.5 Å². The second-order valence-electron chi connectivity index (χ2n) is 9.93. The fourth-order valence-electron chi connectivity index (χ4n) is 4.40. The van der Waals surface area contributed by atoms with Gasteiger partial charge in [-0.1, -0.05) is 45.0 Å². The molecule has 0 radical (unpaired) electrons. The average Bonchev–Trinajstić information content (AvgIpc) is 3.13. The van der Waals surface area contributed by atoms with Crippen LogP contribution in [0.4, 0.5) is 23.2 Å². The highest BCUT2D eigenvalue weighted by atomic mass is 19.4. The van der Waals surface area contributed by atoms with Gasteiger partial charge in [0.1, 0.15) is 17.3 Å². The van der Waals surface area contributed by atoms with E-state index in [0.717, 1.165) is 40.8 Å². The van der Waals surface area contributed by atoms with Crippen molar-refractivity contribution >= 4 is 23.1 Å². The van der Waals surface area contributed by atoms with Crippen molar-refractivity contribution in [3.05, 3.63) is 100 Å². The van der Waals surface area contributed by atoms with Gasteiger partial charge >= 0.3 is 6.18 Å². The first-order valence-corrected chi connectivity index (χ1v) is 11.7. The minimum absolute atomic E-state index is 0.133. The number of rotatable bonds is 4. The van der Waals surface area contributed by atoms with Crippen molar-refractivity contribution in [3.63, 3.8) is 0 Å². The van der Waals surface area contributed by atoms with E-state index in [1.807, 2.05) is 20.8 Å². The molecule has 0 saturated carbocycles. The lowest BCUT2D eigenvalue weighted by Gasteiger charge is -2.26. The summed E-state index contributed by atoms with van der Waals surface area (Å²) in [5, 5.41) is 11.5. The van der Waals surface area contributed by atoms with Gasteiger partial charge < -0.3 is 9.84 Å². The minimum atomic E-state index is -4.70. The van der Waals surface area contributed by atoms with E-state index in [1.54, 1.807) is 18.2 Å². The Morgan fingerprint density at radius 2 is 1.58 bits per heavy atom. The van der Waals surface area contributed by atoms with Crippen LogP contribution in [0.2, 0.25) is 0 Å². The van der Waals surface area contributed by atoms with Gasteiger partial charge in [0.15, 0.2) is 0 Å². The number of alkyl halides is 3. The van der Waals surface area contributed by atoms with Gasteiger partial charge in [0.2, 0.25) is 0 Å². The molecule has 1 amide bonds. The molecule has 1 fully saturated rings. The molecular formula is C29H25F4NO4. The number of anilines is 1. The summed E-state index contributed by atoms with van der Waals surface area (Å²) in [6.45, 7) is 5.84. The molecular weight excluding hydrogens is 502 g/mol. The highest BCUT2D eigenvalue weighted by molar-refractivity contribution is 6.51. The summed E-state index contributed by atoms with van der Waals surface area (Å²) in [4.78, 5) is 27.5. The van der Waals surface area contributed by atoms with Gasteiger partial charge in [-0.05, 0) is 59.0 Å². The number of Topliss-reactive ketones (excluding diaryl/α,β-unsaturated/α-hetero) is 1. The monoisotopic (exact) mass is 527 g/mol. The standard InChI is InChI=1S/C29H25F4NO4/c1-28(2,3)17-10-13-22(38-4)21(15-17)25(35)23-24(16-8-11-19(30)12-9-16)34(27(37)26(23)36)20-7-5-6-18(14-20)29(31,32)33/h5-15,24,35H,1-4H3/b25-23+. The first-order chi connectivity index (χ1) is 17.7. The number of carbonyl (C=O) groups is 2. The van der Waals surface area contributed by atoms with Crippen LogP contribution in [0.5, 0.6) is 5.75 Å². The fraction of sp³-hybridized carbons (Fsp3) is 0.241. The molecule has 1 N–H and O–H groups in total. The SMILES string of the molecule is COc1ccc(C(C)(C)C)cc1/C(O)=C1\C(=O)C(=O)N(c2cccc(C(F)(F)F)c2)C1c1ccc(F)cc1. The van der Waals surface area contributed by atoms with Crippen molar-refractivity contribution in [2.24, 2.45) is 0 Å². The van der Waals surface area contributed by atoms with Crippen molar-refractivity contribution in [1.29, 1.82) is 0 Å². The highest BCUT2D eigenvalue weighted by Gasteiger charge is 2.47. The van der Waals surface area contributed by atoms with Crippen LogP contribution in [0.25, 0.3) is 5.76 Å². The Hall–Kier alpha value is -4.14. The second kappa shape index (κ2) is 9.63. The Morgan fingerprint density at radius 1 is 0.921 bits per heavy atom. The van der Waals surface area contributed by atoms with Gasteiger partial charge in [0.05, 0.1) is 29.9 Å². The minimum Gasteiger partial charge on any atom is -0.507 e. The molecule has 38 heavy (non-hydrogen) atoms. The number of amides is 1. The van der Waals surface area contributed by atoms with Crippen LogP contribution in [0.3, 0.4) is 0 Å². The molecule has 1 saturated heterocycles. The first-order valence-electron chi connectivity index (χ1n) is 11.7. The van der Waals surface area contributed by atoms with Crippen molar-refractivity contribution in [3.8, 4) is 5.75 Å². The number of ketones is 1. The summed E-state index contributed by atoms with van der Waals surface area (Å²) in [7, 11) is 1.38. The highest BCUT2D eigenvalue weighted by Crippen LogP contribution is 2.44. The van der Waals surface area contributed by atoms with Crippen LogP contribution >= 0.6 is 0 Å². The molecule has 1 aliphatic heterocycles. The molecule has 9 heteroatoms. The molecule has 1 aliphatic rings. The van der Waals surface area contributed by atoms with Crippen LogP contribution in [0, 0.1) is 5.82 Å². The molecule has 198 valence electrons. The maximum atomic E-state index is 13.8. The van der Waals surface area contributed by atoms with Crippen LogP contribution in [-0.4, -0.2) is 23.9 Å². The van der Waals surface area contributed by atoms with E-state index in [1.165, 1.54) is 25.3 Å². The summed E-state index contributed by atoms with van der Waals surface area (Å²) in [5.41, 5.74) is -0.778. The number of ether oxygens (including phenoxy) is 1.